The fourth-order valence-corrected chi connectivity index (χ4v) is 1.51. The molecule has 0 radical (unpaired) electrons. The highest BCUT2D eigenvalue weighted by molar-refractivity contribution is 6.00. The van der Waals surface area contributed by atoms with Crippen LogP contribution in [0.25, 0.3) is 0 Å². The number of hydrogen-bond acceptors (Lipinski definition) is 2. The Balaban J connectivity index is 2.87. The van der Waals surface area contributed by atoms with Gasteiger partial charge in [-0.2, -0.15) is 0 Å². The zero-order valence-electron chi connectivity index (χ0n) is 11.8. The number of Topliss-reactive ketones (excluding diaryl/α,β-unsaturated/α-hetero) is 1. The molecule has 0 unspecified atom stereocenters. The molecule has 0 aromatic heterocycles. The minimum atomic E-state index is -0.0718. The number of ketones is 1. The van der Waals surface area contributed by atoms with Crippen molar-refractivity contribution in [3.05, 3.63) is 29.3 Å². The molecule has 0 saturated carbocycles. The van der Waals surface area contributed by atoms with Crippen LogP contribution in [0.2, 0.25) is 0 Å². The third-order valence-electron chi connectivity index (χ3n) is 2.37. The molecule has 0 aliphatic carbocycles. The van der Waals surface area contributed by atoms with E-state index in [-0.39, 0.29) is 17.6 Å². The van der Waals surface area contributed by atoms with Gasteiger partial charge in [0.25, 0.3) is 0 Å². The third kappa shape index (κ3) is 4.25. The summed E-state index contributed by atoms with van der Waals surface area (Å²) in [5.41, 5.74) is 1.60. The first-order valence-electron chi connectivity index (χ1n) is 6.01. The summed E-state index contributed by atoms with van der Waals surface area (Å²) in [5, 5.41) is 0. The second-order valence-corrected chi connectivity index (χ2v) is 5.36. The summed E-state index contributed by atoms with van der Waals surface area (Å²) in [7, 11) is 1.58. The molecule has 1 rings (SSSR count). The molecule has 0 spiro atoms. The summed E-state index contributed by atoms with van der Waals surface area (Å²) in [5.74, 6) is 6.62. The Hall–Kier alpha value is -1.75. The quantitative estimate of drug-likeness (QED) is 0.599. The number of aryl methyl sites for hydroxylation is 1. The highest BCUT2D eigenvalue weighted by Crippen LogP contribution is 2.21. The van der Waals surface area contributed by atoms with Crippen LogP contribution in [-0.4, -0.2) is 12.9 Å². The van der Waals surface area contributed by atoms with E-state index in [4.69, 9.17) is 4.74 Å². The van der Waals surface area contributed by atoms with Crippen LogP contribution in [0.4, 0.5) is 0 Å². The van der Waals surface area contributed by atoms with Crippen molar-refractivity contribution in [3.8, 4) is 17.6 Å². The number of rotatable bonds is 3. The molecule has 0 saturated heterocycles. The maximum absolute atomic E-state index is 12.0. The Labute approximate surface area is 109 Å². The fourth-order valence-electron chi connectivity index (χ4n) is 1.51. The number of ether oxygens (including phenoxy) is 1. The Bertz CT molecular complexity index is 496. The second-order valence-electron chi connectivity index (χ2n) is 5.36. The van der Waals surface area contributed by atoms with Gasteiger partial charge in [0, 0.05) is 5.41 Å². The van der Waals surface area contributed by atoms with Gasteiger partial charge in [0.15, 0.2) is 5.78 Å². The minimum Gasteiger partial charge on any atom is -0.496 e. The first-order chi connectivity index (χ1) is 8.33. The number of methoxy groups -OCH3 is 1. The monoisotopic (exact) mass is 244 g/mol. The summed E-state index contributed by atoms with van der Waals surface area (Å²) in [6, 6.07) is 5.58. The van der Waals surface area contributed by atoms with Crippen molar-refractivity contribution in [2.24, 2.45) is 5.41 Å². The van der Waals surface area contributed by atoms with E-state index >= 15 is 0 Å². The Morgan fingerprint density at radius 1 is 1.33 bits per heavy atom. The van der Waals surface area contributed by atoms with Crippen LogP contribution in [0.3, 0.4) is 0 Å². The van der Waals surface area contributed by atoms with Crippen molar-refractivity contribution < 1.29 is 9.53 Å². The lowest BCUT2D eigenvalue weighted by atomic mass is 9.97. The van der Waals surface area contributed by atoms with E-state index < -0.39 is 0 Å². The molecule has 2 nitrogen and oxygen atoms in total. The first-order valence-corrected chi connectivity index (χ1v) is 6.01. The average Bonchev–Trinajstić information content (AvgIpc) is 2.26. The van der Waals surface area contributed by atoms with Gasteiger partial charge in [-0.05, 0) is 45.4 Å². The zero-order valence-corrected chi connectivity index (χ0v) is 11.8. The van der Waals surface area contributed by atoms with Crippen LogP contribution in [-0.2, 0) is 0 Å². The van der Waals surface area contributed by atoms with Crippen molar-refractivity contribution in [1.29, 1.82) is 0 Å². The third-order valence-corrected chi connectivity index (χ3v) is 2.37. The average molecular weight is 244 g/mol. The molecule has 18 heavy (non-hydrogen) atoms. The van der Waals surface area contributed by atoms with Gasteiger partial charge in [0.2, 0.25) is 0 Å². The molecule has 1 aromatic carbocycles. The van der Waals surface area contributed by atoms with Crippen LogP contribution < -0.4 is 4.74 Å². The summed E-state index contributed by atoms with van der Waals surface area (Å²) in [4.78, 5) is 12.0. The summed E-state index contributed by atoms with van der Waals surface area (Å²) in [6.07, 6.45) is 0.233. The van der Waals surface area contributed by atoms with Gasteiger partial charge < -0.3 is 4.74 Å². The van der Waals surface area contributed by atoms with E-state index in [2.05, 4.69) is 11.8 Å². The van der Waals surface area contributed by atoms with E-state index in [1.54, 1.807) is 13.2 Å². The molecule has 96 valence electrons. The molecule has 0 atom stereocenters. The standard InChI is InChI=1S/C16H20O2/c1-12-8-9-13(15(11-12)18-5)14(17)7-6-10-16(2,3)4/h8-9,11H,7H2,1-5H3. The first kappa shape index (κ1) is 14.3. The lowest BCUT2D eigenvalue weighted by Gasteiger charge is -2.08. The molecular formula is C16H20O2. The molecule has 0 aliphatic heterocycles. The maximum Gasteiger partial charge on any atom is 0.178 e. The molecule has 2 heteroatoms. The van der Waals surface area contributed by atoms with Crippen LogP contribution in [0.5, 0.6) is 5.75 Å². The smallest absolute Gasteiger partial charge is 0.178 e. The van der Waals surface area contributed by atoms with Crippen LogP contribution in [0.1, 0.15) is 43.1 Å². The van der Waals surface area contributed by atoms with Gasteiger partial charge >= 0.3 is 0 Å². The maximum atomic E-state index is 12.0. The number of carbonyl (C=O) groups is 1. The highest BCUT2D eigenvalue weighted by Gasteiger charge is 2.11. The van der Waals surface area contributed by atoms with Crippen molar-refractivity contribution in [2.45, 2.75) is 34.1 Å². The summed E-state index contributed by atoms with van der Waals surface area (Å²) < 4.78 is 5.23. The van der Waals surface area contributed by atoms with Gasteiger partial charge in [-0.15, -0.1) is 0 Å². The van der Waals surface area contributed by atoms with Crippen LogP contribution in [0.15, 0.2) is 18.2 Å². The Kier molecular flexibility index (Phi) is 4.55. The normalized spacial score (nSPS) is 10.5. The van der Waals surface area contributed by atoms with Gasteiger partial charge in [0.05, 0.1) is 19.1 Å². The van der Waals surface area contributed by atoms with Gasteiger partial charge in [-0.1, -0.05) is 17.9 Å². The van der Waals surface area contributed by atoms with Gasteiger partial charge in [0.1, 0.15) is 5.75 Å². The topological polar surface area (TPSA) is 26.3 Å². The number of carbonyl (C=O) groups excluding carboxylic acids is 1. The molecule has 0 fully saturated rings. The van der Waals surface area contributed by atoms with Crippen LogP contribution in [0, 0.1) is 24.2 Å². The Morgan fingerprint density at radius 3 is 2.56 bits per heavy atom. The van der Waals surface area contributed by atoms with E-state index in [0.717, 1.165) is 5.56 Å². The fraction of sp³-hybridized carbons (Fsp3) is 0.438. The van der Waals surface area contributed by atoms with Crippen molar-refractivity contribution in [3.63, 3.8) is 0 Å². The highest BCUT2D eigenvalue weighted by atomic mass is 16.5. The summed E-state index contributed by atoms with van der Waals surface area (Å²) in [6.45, 7) is 8.04. The molecule has 0 amide bonds. The summed E-state index contributed by atoms with van der Waals surface area (Å²) >= 11 is 0. The SMILES string of the molecule is COc1cc(C)ccc1C(=O)CC#CC(C)(C)C. The lowest BCUT2D eigenvalue weighted by Crippen LogP contribution is -2.03. The Morgan fingerprint density at radius 2 is 2.00 bits per heavy atom. The molecule has 0 heterocycles. The van der Waals surface area contributed by atoms with Crippen molar-refractivity contribution >= 4 is 5.78 Å². The van der Waals surface area contributed by atoms with Crippen molar-refractivity contribution in [2.75, 3.05) is 7.11 Å². The largest absolute Gasteiger partial charge is 0.496 e. The number of benzene rings is 1. The van der Waals surface area contributed by atoms with Crippen molar-refractivity contribution in [1.82, 2.24) is 0 Å². The lowest BCUT2D eigenvalue weighted by molar-refractivity contribution is 0.0995. The van der Waals surface area contributed by atoms with Crippen LogP contribution >= 0.6 is 0 Å². The second kappa shape index (κ2) is 5.73. The minimum absolute atomic E-state index is 0.00333. The van der Waals surface area contributed by atoms with E-state index in [1.165, 1.54) is 0 Å². The van der Waals surface area contributed by atoms with E-state index in [9.17, 15) is 4.79 Å². The van der Waals surface area contributed by atoms with Gasteiger partial charge in [-0.25, -0.2) is 0 Å². The van der Waals surface area contributed by atoms with E-state index in [1.807, 2.05) is 39.8 Å². The number of hydrogen-bond donors (Lipinski definition) is 0. The molecule has 1 aromatic rings. The molecular weight excluding hydrogens is 224 g/mol. The molecule has 0 bridgehead atoms. The molecule has 0 aliphatic rings. The predicted molar refractivity (Wildman–Crippen MR) is 73.9 cm³/mol. The zero-order chi connectivity index (χ0) is 13.8. The van der Waals surface area contributed by atoms with E-state index in [0.29, 0.717) is 11.3 Å². The van der Waals surface area contributed by atoms with Gasteiger partial charge in [-0.3, -0.25) is 4.79 Å². The predicted octanol–water partition coefficient (Wildman–Crippen LogP) is 3.63. The molecule has 0 N–H and O–H groups in total.